The van der Waals surface area contributed by atoms with Gasteiger partial charge in [-0.15, -0.1) is 11.3 Å². The van der Waals surface area contributed by atoms with Gasteiger partial charge in [-0.1, -0.05) is 0 Å². The topological polar surface area (TPSA) is 74.1 Å². The van der Waals surface area contributed by atoms with Crippen LogP contribution in [0.15, 0.2) is 28.2 Å². The average molecular weight is 448 g/mol. The molecule has 0 amide bonds. The number of thiophene rings is 1. The molecular formula is C19H18BrN3O3S. The van der Waals surface area contributed by atoms with Crippen LogP contribution in [0.4, 0.5) is 0 Å². The molecule has 6 nitrogen and oxygen atoms in total. The Morgan fingerprint density at radius 3 is 2.78 bits per heavy atom. The predicted octanol–water partition coefficient (Wildman–Crippen LogP) is 4.75. The quantitative estimate of drug-likeness (QED) is 0.402. The highest BCUT2D eigenvalue weighted by molar-refractivity contribution is 9.11. The summed E-state index contributed by atoms with van der Waals surface area (Å²) < 4.78 is 8.00. The molecule has 3 heterocycles. The smallest absolute Gasteiger partial charge is 0.339 e. The number of fused-ring (bicyclic) bond motifs is 1. The maximum absolute atomic E-state index is 12.7. The van der Waals surface area contributed by atoms with E-state index < -0.39 is 5.97 Å². The van der Waals surface area contributed by atoms with Gasteiger partial charge in [0.05, 0.1) is 25.8 Å². The van der Waals surface area contributed by atoms with Crippen LogP contribution in [-0.2, 0) is 4.74 Å². The Bertz CT molecular complexity index is 1040. The Hall–Kier alpha value is -2.06. The van der Waals surface area contributed by atoms with Crippen LogP contribution in [0.2, 0.25) is 0 Å². The van der Waals surface area contributed by atoms with Gasteiger partial charge in [0.15, 0.2) is 12.3 Å². The van der Waals surface area contributed by atoms with Crippen LogP contribution in [0.1, 0.15) is 64.4 Å². The highest BCUT2D eigenvalue weighted by Gasteiger charge is 2.28. The van der Waals surface area contributed by atoms with Crippen LogP contribution < -0.4 is 0 Å². The van der Waals surface area contributed by atoms with E-state index in [2.05, 4.69) is 21.0 Å². The Balaban J connectivity index is 1.61. The third-order valence-corrected chi connectivity index (χ3v) is 6.14. The second-order valence-corrected chi connectivity index (χ2v) is 9.36. The highest BCUT2D eigenvalue weighted by atomic mass is 79.9. The van der Waals surface area contributed by atoms with E-state index in [1.54, 1.807) is 24.4 Å². The molecule has 0 bridgehead atoms. The molecule has 1 fully saturated rings. The van der Waals surface area contributed by atoms with Crippen LogP contribution in [-0.4, -0.2) is 33.1 Å². The fourth-order valence-electron chi connectivity index (χ4n) is 2.92. The van der Waals surface area contributed by atoms with E-state index in [0.29, 0.717) is 27.4 Å². The molecule has 0 N–H and O–H groups in total. The average Bonchev–Trinajstić information content (AvgIpc) is 3.26. The maximum Gasteiger partial charge on any atom is 0.339 e. The first-order chi connectivity index (χ1) is 12.9. The summed E-state index contributed by atoms with van der Waals surface area (Å²) in [6.45, 7) is 3.76. The van der Waals surface area contributed by atoms with E-state index >= 15 is 0 Å². The van der Waals surface area contributed by atoms with Crippen molar-refractivity contribution in [2.75, 3.05) is 6.61 Å². The molecule has 0 aliphatic heterocycles. The van der Waals surface area contributed by atoms with E-state index in [1.165, 1.54) is 11.3 Å². The molecule has 0 unspecified atom stereocenters. The zero-order valence-electron chi connectivity index (χ0n) is 14.9. The summed E-state index contributed by atoms with van der Waals surface area (Å²) in [5.74, 6) is -0.345. The zero-order chi connectivity index (χ0) is 19.1. The summed E-state index contributed by atoms with van der Waals surface area (Å²) >= 11 is 4.65. The Morgan fingerprint density at radius 2 is 2.15 bits per heavy atom. The molecule has 1 aliphatic carbocycles. The number of nitrogens with zero attached hydrogens (tertiary/aromatic N) is 3. The van der Waals surface area contributed by atoms with Gasteiger partial charge < -0.3 is 4.74 Å². The summed E-state index contributed by atoms with van der Waals surface area (Å²) in [4.78, 5) is 30.2. The number of halogens is 1. The van der Waals surface area contributed by atoms with Crippen molar-refractivity contribution in [3.8, 4) is 0 Å². The number of hydrogen-bond acceptors (Lipinski definition) is 6. The number of ether oxygens (including phenoxy) is 1. The largest absolute Gasteiger partial charge is 0.454 e. The van der Waals surface area contributed by atoms with Gasteiger partial charge in [-0.2, -0.15) is 5.10 Å². The normalized spacial score (nSPS) is 14.1. The van der Waals surface area contributed by atoms with Crippen LogP contribution >= 0.6 is 27.3 Å². The Labute approximate surface area is 168 Å². The van der Waals surface area contributed by atoms with Gasteiger partial charge in [-0.25, -0.2) is 14.5 Å². The molecule has 4 rings (SSSR count). The van der Waals surface area contributed by atoms with E-state index in [9.17, 15) is 9.59 Å². The molecule has 0 radical (unpaired) electrons. The van der Waals surface area contributed by atoms with Crippen molar-refractivity contribution in [2.45, 2.75) is 38.6 Å². The predicted molar refractivity (Wildman–Crippen MR) is 107 cm³/mol. The first-order valence-corrected chi connectivity index (χ1v) is 10.4. The van der Waals surface area contributed by atoms with Gasteiger partial charge >= 0.3 is 5.97 Å². The lowest BCUT2D eigenvalue weighted by Gasteiger charge is -2.10. The van der Waals surface area contributed by atoms with E-state index in [1.807, 2.05) is 18.5 Å². The number of carbonyl (C=O) groups excluding carboxylic acids is 2. The molecule has 0 atom stereocenters. The Morgan fingerprint density at radius 1 is 1.37 bits per heavy atom. The van der Waals surface area contributed by atoms with Gasteiger partial charge in [-0.3, -0.25) is 4.79 Å². The zero-order valence-corrected chi connectivity index (χ0v) is 17.3. The Kier molecular flexibility index (Phi) is 4.86. The van der Waals surface area contributed by atoms with Crippen molar-refractivity contribution >= 4 is 50.1 Å². The summed E-state index contributed by atoms with van der Waals surface area (Å²) in [6.07, 6.45) is 3.80. The summed E-state index contributed by atoms with van der Waals surface area (Å²) in [7, 11) is 0. The van der Waals surface area contributed by atoms with Crippen molar-refractivity contribution in [2.24, 2.45) is 0 Å². The molecular weight excluding hydrogens is 430 g/mol. The number of carbonyl (C=O) groups is 2. The van der Waals surface area contributed by atoms with Crippen LogP contribution in [0.3, 0.4) is 0 Å². The fraction of sp³-hybridized carbons (Fsp3) is 0.368. The number of Topliss-reactive ketones (excluding diaryl/α,β-unsaturated/α-hetero) is 1. The van der Waals surface area contributed by atoms with Crippen molar-refractivity contribution < 1.29 is 14.3 Å². The molecule has 3 aromatic heterocycles. The van der Waals surface area contributed by atoms with Crippen LogP contribution in [0.5, 0.6) is 0 Å². The van der Waals surface area contributed by atoms with Gasteiger partial charge in [0.25, 0.3) is 0 Å². The van der Waals surface area contributed by atoms with Crippen molar-refractivity contribution in [1.29, 1.82) is 0 Å². The molecule has 0 aromatic carbocycles. The summed E-state index contributed by atoms with van der Waals surface area (Å²) in [5, 5.41) is 5.04. The number of hydrogen-bond donors (Lipinski definition) is 0. The minimum atomic E-state index is -0.517. The van der Waals surface area contributed by atoms with Crippen molar-refractivity contribution in [3.63, 3.8) is 0 Å². The molecule has 0 spiro atoms. The number of rotatable bonds is 6. The van der Waals surface area contributed by atoms with Gasteiger partial charge in [-0.05, 0) is 60.8 Å². The molecule has 1 saturated carbocycles. The lowest BCUT2D eigenvalue weighted by Crippen LogP contribution is -2.14. The molecule has 0 saturated heterocycles. The minimum Gasteiger partial charge on any atom is -0.454 e. The third-order valence-electron chi connectivity index (χ3n) is 4.47. The molecule has 8 heteroatoms. The maximum atomic E-state index is 12.7. The molecule has 27 heavy (non-hydrogen) atoms. The number of pyridine rings is 1. The molecule has 140 valence electrons. The van der Waals surface area contributed by atoms with E-state index in [4.69, 9.17) is 9.72 Å². The molecule has 3 aromatic rings. The SMILES string of the molecule is CC(C)n1ncc2c(C(=O)OCC(=O)c3ccc(Br)s3)cc(C3CC3)nc21. The first-order valence-electron chi connectivity index (χ1n) is 8.78. The highest BCUT2D eigenvalue weighted by Crippen LogP contribution is 2.40. The van der Waals surface area contributed by atoms with Crippen molar-refractivity contribution in [1.82, 2.24) is 14.8 Å². The third kappa shape index (κ3) is 3.68. The molecule has 1 aliphatic rings. The second-order valence-electron chi connectivity index (χ2n) is 6.89. The van der Waals surface area contributed by atoms with Gasteiger partial charge in [0.2, 0.25) is 5.78 Å². The monoisotopic (exact) mass is 447 g/mol. The van der Waals surface area contributed by atoms with E-state index in [-0.39, 0.29) is 18.4 Å². The van der Waals surface area contributed by atoms with Crippen LogP contribution in [0, 0.1) is 0 Å². The number of aromatic nitrogens is 3. The summed E-state index contributed by atoms with van der Waals surface area (Å²) in [5.41, 5.74) is 2.01. The number of esters is 1. The lowest BCUT2D eigenvalue weighted by molar-refractivity contribution is 0.0477. The second kappa shape index (κ2) is 7.16. The van der Waals surface area contributed by atoms with Crippen molar-refractivity contribution in [3.05, 3.63) is 44.3 Å². The van der Waals surface area contributed by atoms with E-state index in [0.717, 1.165) is 22.3 Å². The first kappa shape index (κ1) is 18.3. The van der Waals surface area contributed by atoms with Gasteiger partial charge in [0, 0.05) is 17.7 Å². The van der Waals surface area contributed by atoms with Gasteiger partial charge in [0.1, 0.15) is 0 Å². The standard InChI is InChI=1S/C19H18BrN3O3S/c1-10(2)23-18-13(8-21-23)12(7-14(22-18)11-3-4-11)19(25)26-9-15(24)16-5-6-17(20)27-16/h5-8,10-11H,3-4,9H2,1-2H3. The minimum absolute atomic E-state index is 0.132. The van der Waals surface area contributed by atoms with Crippen LogP contribution in [0.25, 0.3) is 11.0 Å². The summed E-state index contributed by atoms with van der Waals surface area (Å²) in [6, 6.07) is 5.44. The lowest BCUT2D eigenvalue weighted by atomic mass is 10.1. The fourth-order valence-corrected chi connectivity index (χ4v) is 4.23. The number of ketones is 1.